The number of nitrogens with one attached hydrogen (secondary N) is 1. The lowest BCUT2D eigenvalue weighted by molar-refractivity contribution is 0.102. The van der Waals surface area contributed by atoms with Crippen molar-refractivity contribution in [1.82, 2.24) is 4.98 Å². The topological polar surface area (TPSA) is 68.0 Å². The summed E-state index contributed by atoms with van der Waals surface area (Å²) < 4.78 is 0. The van der Waals surface area contributed by atoms with Crippen molar-refractivity contribution in [3.63, 3.8) is 0 Å². The minimum absolute atomic E-state index is 0. The highest BCUT2D eigenvalue weighted by atomic mass is 35.5. The van der Waals surface area contributed by atoms with Crippen LogP contribution in [0.15, 0.2) is 48.5 Å². The van der Waals surface area contributed by atoms with Crippen molar-refractivity contribution in [1.29, 1.82) is 0 Å². The lowest BCUT2D eigenvalue weighted by Gasteiger charge is -2.21. The minimum Gasteiger partial charge on any atom is -0.326 e. The maximum Gasteiger partial charge on any atom is 0.255 e. The van der Waals surface area contributed by atoms with E-state index in [1.54, 1.807) is 0 Å². The van der Waals surface area contributed by atoms with E-state index in [4.69, 9.17) is 10.7 Å². The summed E-state index contributed by atoms with van der Waals surface area (Å²) in [4.78, 5) is 17.9. The quantitative estimate of drug-likeness (QED) is 0.433. The van der Waals surface area contributed by atoms with Gasteiger partial charge in [-0.05, 0) is 56.4 Å². The fraction of sp³-hybridized carbons (Fsp3) is 0.308. The second-order valence-corrected chi connectivity index (χ2v) is 8.36. The second kappa shape index (κ2) is 12.0. The molecule has 0 radical (unpaired) electrons. The number of rotatable bonds is 6. The van der Waals surface area contributed by atoms with Crippen molar-refractivity contribution < 1.29 is 4.79 Å². The van der Waals surface area contributed by atoms with E-state index in [-0.39, 0.29) is 30.7 Å². The molecule has 1 aromatic heterocycles. The summed E-state index contributed by atoms with van der Waals surface area (Å²) in [5.41, 5.74) is 14.7. The lowest BCUT2D eigenvalue weighted by atomic mass is 9.92. The standard InChI is InChI=1S/C26H31N3O.2ClH/c1-16(2)14-23-22(15-27)24(20-10-6-17(3)7-11-20)25(19(5)28-23)29-26(30)21-12-8-18(4)9-13-21;;/h6-13,16H,14-15,27H2,1-5H3,(H,29,30);2*1H. The van der Waals surface area contributed by atoms with Gasteiger partial charge in [0, 0.05) is 23.4 Å². The van der Waals surface area contributed by atoms with Crippen molar-refractivity contribution in [2.45, 2.75) is 47.6 Å². The summed E-state index contributed by atoms with van der Waals surface area (Å²) in [7, 11) is 0. The summed E-state index contributed by atoms with van der Waals surface area (Å²) in [6, 6.07) is 15.9. The number of benzene rings is 2. The van der Waals surface area contributed by atoms with Crippen LogP contribution < -0.4 is 11.1 Å². The summed E-state index contributed by atoms with van der Waals surface area (Å²) >= 11 is 0. The molecule has 0 aliphatic carbocycles. The highest BCUT2D eigenvalue weighted by Crippen LogP contribution is 2.36. The van der Waals surface area contributed by atoms with Gasteiger partial charge in [-0.15, -0.1) is 24.8 Å². The van der Waals surface area contributed by atoms with Gasteiger partial charge in [0.2, 0.25) is 0 Å². The Morgan fingerprint density at radius 3 is 1.97 bits per heavy atom. The number of nitrogens with zero attached hydrogens (tertiary/aromatic N) is 1. The van der Waals surface area contributed by atoms with Crippen LogP contribution in [0.4, 0.5) is 5.69 Å². The predicted octanol–water partition coefficient (Wildman–Crippen LogP) is 6.43. The van der Waals surface area contributed by atoms with Crippen molar-refractivity contribution in [3.05, 3.63) is 82.2 Å². The number of carbonyl (C=O) groups is 1. The van der Waals surface area contributed by atoms with Crippen molar-refractivity contribution >= 4 is 36.4 Å². The van der Waals surface area contributed by atoms with Crippen LogP contribution in [0.1, 0.15) is 52.3 Å². The van der Waals surface area contributed by atoms with E-state index in [0.29, 0.717) is 18.0 Å². The second-order valence-electron chi connectivity index (χ2n) is 8.36. The molecule has 0 fully saturated rings. The van der Waals surface area contributed by atoms with Crippen molar-refractivity contribution in [3.8, 4) is 11.1 Å². The molecule has 1 heterocycles. The maximum atomic E-state index is 13.0. The van der Waals surface area contributed by atoms with Crippen LogP contribution in [-0.4, -0.2) is 10.9 Å². The third-order valence-electron chi connectivity index (χ3n) is 5.26. The number of aromatic nitrogens is 1. The van der Waals surface area contributed by atoms with Gasteiger partial charge in [-0.25, -0.2) is 0 Å². The van der Waals surface area contributed by atoms with Crippen LogP contribution >= 0.6 is 24.8 Å². The Labute approximate surface area is 203 Å². The Bertz CT molecular complexity index is 1050. The van der Waals surface area contributed by atoms with E-state index in [1.807, 2.05) is 38.1 Å². The van der Waals surface area contributed by atoms with Gasteiger partial charge < -0.3 is 11.1 Å². The van der Waals surface area contributed by atoms with E-state index in [2.05, 4.69) is 50.4 Å². The minimum atomic E-state index is -0.146. The number of amides is 1. The first-order chi connectivity index (χ1) is 14.3. The summed E-state index contributed by atoms with van der Waals surface area (Å²) in [5, 5.41) is 3.13. The number of aryl methyl sites for hydroxylation is 3. The van der Waals surface area contributed by atoms with Crippen LogP contribution in [0.3, 0.4) is 0 Å². The van der Waals surface area contributed by atoms with Crippen molar-refractivity contribution in [2.24, 2.45) is 11.7 Å². The lowest BCUT2D eigenvalue weighted by Crippen LogP contribution is -2.18. The molecule has 6 heteroatoms. The Morgan fingerprint density at radius 1 is 0.938 bits per heavy atom. The van der Waals surface area contributed by atoms with Gasteiger partial charge in [-0.1, -0.05) is 61.4 Å². The van der Waals surface area contributed by atoms with Gasteiger partial charge >= 0.3 is 0 Å². The van der Waals surface area contributed by atoms with Gasteiger partial charge in [0.1, 0.15) is 0 Å². The highest BCUT2D eigenvalue weighted by molar-refractivity contribution is 6.07. The molecule has 0 saturated carbocycles. The number of halogens is 2. The number of anilines is 1. The molecule has 0 aliphatic rings. The van der Waals surface area contributed by atoms with Gasteiger partial charge in [-0.3, -0.25) is 9.78 Å². The monoisotopic (exact) mass is 473 g/mol. The molecule has 0 spiro atoms. The SMILES string of the molecule is Cc1ccc(C(=O)Nc2c(C)nc(CC(C)C)c(CN)c2-c2ccc(C)cc2)cc1.Cl.Cl. The Morgan fingerprint density at radius 2 is 1.47 bits per heavy atom. The predicted molar refractivity (Wildman–Crippen MR) is 139 cm³/mol. The molecule has 0 aliphatic heterocycles. The largest absolute Gasteiger partial charge is 0.326 e. The average molecular weight is 474 g/mol. The summed E-state index contributed by atoms with van der Waals surface area (Å²) in [6.07, 6.45) is 0.846. The molecule has 0 unspecified atom stereocenters. The molecule has 172 valence electrons. The van der Waals surface area contributed by atoms with Gasteiger partial charge in [0.25, 0.3) is 5.91 Å². The molecule has 0 bridgehead atoms. The number of hydrogen-bond acceptors (Lipinski definition) is 3. The molecule has 2 aromatic carbocycles. The molecule has 3 rings (SSSR count). The first kappa shape index (κ1) is 27.6. The van der Waals surface area contributed by atoms with E-state index in [1.165, 1.54) is 5.56 Å². The molecule has 0 atom stereocenters. The third-order valence-corrected chi connectivity index (χ3v) is 5.26. The molecular weight excluding hydrogens is 441 g/mol. The molecular formula is C26H33Cl2N3O. The molecule has 4 nitrogen and oxygen atoms in total. The maximum absolute atomic E-state index is 13.0. The number of hydrogen-bond donors (Lipinski definition) is 2. The Hall–Kier alpha value is -2.40. The van der Waals surface area contributed by atoms with Crippen LogP contribution in [0, 0.1) is 26.7 Å². The fourth-order valence-corrected chi connectivity index (χ4v) is 3.66. The smallest absolute Gasteiger partial charge is 0.255 e. The first-order valence-electron chi connectivity index (χ1n) is 10.5. The number of carbonyl (C=O) groups excluding carboxylic acids is 1. The molecule has 0 saturated heterocycles. The Balaban J connectivity index is 0.00000256. The molecule has 3 N–H and O–H groups in total. The molecule has 3 aromatic rings. The normalized spacial score (nSPS) is 10.3. The first-order valence-corrected chi connectivity index (χ1v) is 10.5. The zero-order valence-corrected chi connectivity index (χ0v) is 21.0. The van der Waals surface area contributed by atoms with Gasteiger partial charge in [-0.2, -0.15) is 0 Å². The fourth-order valence-electron chi connectivity index (χ4n) is 3.66. The summed E-state index contributed by atoms with van der Waals surface area (Å²) in [5.74, 6) is 0.314. The third kappa shape index (κ3) is 6.32. The molecule has 1 amide bonds. The Kier molecular flexibility index (Phi) is 10.4. The van der Waals surface area contributed by atoms with Gasteiger partial charge in [0.15, 0.2) is 0 Å². The average Bonchev–Trinajstić information content (AvgIpc) is 2.70. The van der Waals surface area contributed by atoms with Crippen LogP contribution in [0.5, 0.6) is 0 Å². The zero-order chi connectivity index (χ0) is 21.8. The highest BCUT2D eigenvalue weighted by Gasteiger charge is 2.21. The van der Waals surface area contributed by atoms with Crippen LogP contribution in [-0.2, 0) is 13.0 Å². The van der Waals surface area contributed by atoms with Gasteiger partial charge in [0.05, 0.1) is 11.4 Å². The van der Waals surface area contributed by atoms with Crippen LogP contribution in [0.2, 0.25) is 0 Å². The van der Waals surface area contributed by atoms with E-state index in [9.17, 15) is 4.79 Å². The zero-order valence-electron chi connectivity index (χ0n) is 19.4. The molecule has 32 heavy (non-hydrogen) atoms. The van der Waals surface area contributed by atoms with Crippen molar-refractivity contribution in [2.75, 3.05) is 5.32 Å². The number of pyridine rings is 1. The summed E-state index contributed by atoms with van der Waals surface area (Å²) in [6.45, 7) is 10.7. The van der Waals surface area contributed by atoms with Crippen LogP contribution in [0.25, 0.3) is 11.1 Å². The van der Waals surface area contributed by atoms with E-state index < -0.39 is 0 Å². The number of nitrogens with two attached hydrogens (primary N) is 1. The van der Waals surface area contributed by atoms with E-state index >= 15 is 0 Å². The van der Waals surface area contributed by atoms with E-state index in [0.717, 1.165) is 45.7 Å².